The molecule has 0 spiro atoms. The molecule has 2 N–H and O–H groups in total. The molecule has 0 fully saturated rings. The van der Waals surface area contributed by atoms with Gasteiger partial charge < -0.3 is 9.84 Å². The molecule has 3 rings (SSSR count). The third-order valence-electron chi connectivity index (χ3n) is 3.98. The van der Waals surface area contributed by atoms with Crippen LogP contribution in [0.4, 0.5) is 5.69 Å². The van der Waals surface area contributed by atoms with Crippen LogP contribution in [0.15, 0.2) is 60.6 Å². The molecular weight excluding hydrogens is 366 g/mol. The lowest BCUT2D eigenvalue weighted by atomic mass is 10.1. The van der Waals surface area contributed by atoms with Gasteiger partial charge in [0.2, 0.25) is 5.88 Å². The van der Waals surface area contributed by atoms with Crippen molar-refractivity contribution in [2.75, 3.05) is 4.31 Å². The van der Waals surface area contributed by atoms with Crippen molar-refractivity contribution in [2.24, 2.45) is 0 Å². The van der Waals surface area contributed by atoms with E-state index in [-0.39, 0.29) is 6.61 Å². The van der Waals surface area contributed by atoms with Crippen molar-refractivity contribution in [3.63, 3.8) is 0 Å². The number of hydrogen-bond donors (Lipinski definition) is 2. The van der Waals surface area contributed by atoms with Crippen molar-refractivity contribution in [3.05, 3.63) is 71.7 Å². The van der Waals surface area contributed by atoms with Crippen molar-refractivity contribution in [1.29, 1.82) is 5.26 Å². The summed E-state index contributed by atoms with van der Waals surface area (Å²) >= 11 is 0. The van der Waals surface area contributed by atoms with Crippen LogP contribution in [0, 0.1) is 11.3 Å². The first kappa shape index (κ1) is 18.6. The Morgan fingerprint density at radius 3 is 2.59 bits per heavy atom. The van der Waals surface area contributed by atoms with E-state index < -0.39 is 16.1 Å². The summed E-state index contributed by atoms with van der Waals surface area (Å²) in [6.07, 6.45) is 2.93. The van der Waals surface area contributed by atoms with Gasteiger partial charge in [0, 0.05) is 6.42 Å². The second kappa shape index (κ2) is 8.01. The Bertz CT molecular complexity index is 982. The Balaban J connectivity index is 1.90. The van der Waals surface area contributed by atoms with Crippen molar-refractivity contribution >= 4 is 15.9 Å². The van der Waals surface area contributed by atoms with Crippen LogP contribution in [0.5, 0.6) is 5.75 Å². The summed E-state index contributed by atoms with van der Waals surface area (Å²) in [5.41, 5.74) is 2.18. The summed E-state index contributed by atoms with van der Waals surface area (Å²) in [4.78, 5) is 0. The van der Waals surface area contributed by atoms with Gasteiger partial charge in [-0.3, -0.25) is 0 Å². The van der Waals surface area contributed by atoms with Crippen molar-refractivity contribution in [1.82, 2.24) is 4.72 Å². The third-order valence-corrected chi connectivity index (χ3v) is 5.27. The molecule has 1 aliphatic rings. The second-order valence-electron chi connectivity index (χ2n) is 6.01. The van der Waals surface area contributed by atoms with Gasteiger partial charge in [-0.05, 0) is 36.1 Å². The maximum Gasteiger partial charge on any atom is 0.330 e. The van der Waals surface area contributed by atoms with Gasteiger partial charge in [-0.15, -0.1) is 0 Å². The van der Waals surface area contributed by atoms with Crippen LogP contribution in [0.25, 0.3) is 0 Å². The van der Waals surface area contributed by atoms with Crippen LogP contribution in [-0.2, 0) is 23.2 Å². The number of aliphatic hydroxyl groups excluding tert-OH is 1. The molecule has 0 aromatic heterocycles. The maximum atomic E-state index is 12.2. The fourth-order valence-corrected chi connectivity index (χ4v) is 3.77. The Morgan fingerprint density at radius 2 is 1.93 bits per heavy atom. The molecule has 0 atom stereocenters. The molecule has 1 aliphatic heterocycles. The lowest BCUT2D eigenvalue weighted by Crippen LogP contribution is -2.29. The first-order valence-corrected chi connectivity index (χ1v) is 9.83. The number of rotatable bonds is 7. The lowest BCUT2D eigenvalue weighted by Gasteiger charge is -2.19. The van der Waals surface area contributed by atoms with E-state index >= 15 is 0 Å². The van der Waals surface area contributed by atoms with Gasteiger partial charge in [0.15, 0.2) is 0 Å². The number of aliphatic hydroxyl groups is 1. The summed E-state index contributed by atoms with van der Waals surface area (Å²) < 4.78 is 33.3. The molecule has 2 aromatic carbocycles. The maximum absolute atomic E-state index is 12.2. The number of nitrogens with one attached hydrogen (secondary N) is 1. The Kier molecular flexibility index (Phi) is 5.52. The van der Waals surface area contributed by atoms with Crippen molar-refractivity contribution in [3.8, 4) is 11.8 Å². The minimum Gasteiger partial charge on any atom is -0.493 e. The molecule has 0 radical (unpaired) electrons. The van der Waals surface area contributed by atoms with E-state index in [0.717, 1.165) is 21.6 Å². The summed E-state index contributed by atoms with van der Waals surface area (Å²) in [6.45, 7) is 0.270. The van der Waals surface area contributed by atoms with Gasteiger partial charge in [-0.25, -0.2) is 9.03 Å². The highest BCUT2D eigenvalue weighted by Gasteiger charge is 2.31. The third kappa shape index (κ3) is 4.51. The zero-order chi connectivity index (χ0) is 19.3. The Morgan fingerprint density at radius 1 is 1.15 bits per heavy atom. The smallest absolute Gasteiger partial charge is 0.330 e. The molecule has 0 unspecified atom stereocenters. The number of ether oxygens (including phenoxy) is 1. The average Bonchev–Trinajstić information content (AvgIpc) is 2.93. The number of aryl methyl sites for hydroxylation is 1. The molecule has 0 saturated carbocycles. The summed E-state index contributed by atoms with van der Waals surface area (Å²) in [5.74, 6) is -0.0771. The van der Waals surface area contributed by atoms with Gasteiger partial charge in [-0.1, -0.05) is 36.4 Å². The molecule has 27 heavy (non-hydrogen) atoms. The summed E-state index contributed by atoms with van der Waals surface area (Å²) in [6, 6.07) is 16.8. The van der Waals surface area contributed by atoms with Crippen LogP contribution in [0.3, 0.4) is 0 Å². The van der Waals surface area contributed by atoms with Gasteiger partial charge in [0.05, 0.1) is 12.3 Å². The highest BCUT2D eigenvalue weighted by molar-refractivity contribution is 7.91. The fraction of sp³-hybridized carbons (Fsp3) is 0.211. The molecule has 140 valence electrons. The SMILES string of the molecule is N#CCCCc1ccc(N2C=C(O)NS2(=O)=O)c(OCc2ccccc2)c1. The largest absolute Gasteiger partial charge is 0.493 e. The molecule has 0 bridgehead atoms. The molecule has 0 saturated heterocycles. The van der Waals surface area contributed by atoms with Gasteiger partial charge >= 0.3 is 10.2 Å². The highest BCUT2D eigenvalue weighted by atomic mass is 32.2. The fourth-order valence-electron chi connectivity index (χ4n) is 2.71. The van der Waals surface area contributed by atoms with Crippen LogP contribution >= 0.6 is 0 Å². The first-order chi connectivity index (χ1) is 13.0. The predicted octanol–water partition coefficient (Wildman–Crippen LogP) is 3.12. The average molecular weight is 385 g/mol. The standard InChI is InChI=1S/C19H19N3O4S/c20-11-5-4-6-15-9-10-17(22-13-19(23)21-27(22,24)25)18(12-15)26-14-16-7-2-1-3-8-16/h1-3,7-10,12-13,21,23H,4-6,14H2. The van der Waals surface area contributed by atoms with Crippen molar-refractivity contribution < 1.29 is 18.3 Å². The number of nitriles is 1. The molecule has 8 heteroatoms. The monoisotopic (exact) mass is 385 g/mol. The zero-order valence-electron chi connectivity index (χ0n) is 14.5. The lowest BCUT2D eigenvalue weighted by molar-refractivity contribution is 0.307. The summed E-state index contributed by atoms with van der Waals surface area (Å²) in [5, 5.41) is 18.2. The number of anilines is 1. The molecule has 2 aromatic rings. The van der Waals surface area contributed by atoms with E-state index in [1.54, 1.807) is 18.2 Å². The van der Waals surface area contributed by atoms with Crippen LogP contribution in [0.2, 0.25) is 0 Å². The Hall–Kier alpha value is -3.18. The van der Waals surface area contributed by atoms with Crippen LogP contribution in [0.1, 0.15) is 24.0 Å². The number of nitrogens with zero attached hydrogens (tertiary/aromatic N) is 2. The van der Waals surface area contributed by atoms with Crippen LogP contribution in [-0.4, -0.2) is 13.5 Å². The number of hydrogen-bond acceptors (Lipinski definition) is 5. The molecule has 0 amide bonds. The Labute approximate surface area is 158 Å². The minimum absolute atomic E-state index is 0.270. The second-order valence-corrected chi connectivity index (χ2v) is 7.55. The molecule has 0 aliphatic carbocycles. The number of benzene rings is 2. The van der Waals surface area contributed by atoms with E-state index in [1.807, 2.05) is 35.1 Å². The van der Waals surface area contributed by atoms with E-state index in [1.165, 1.54) is 0 Å². The zero-order valence-corrected chi connectivity index (χ0v) is 15.3. The summed E-state index contributed by atoms with van der Waals surface area (Å²) in [7, 11) is -3.91. The molecule has 1 heterocycles. The topological polar surface area (TPSA) is 103 Å². The molecular formula is C19H19N3O4S. The van der Waals surface area contributed by atoms with E-state index in [2.05, 4.69) is 6.07 Å². The minimum atomic E-state index is -3.91. The van der Waals surface area contributed by atoms with Gasteiger partial charge in [0.25, 0.3) is 0 Å². The van der Waals surface area contributed by atoms with Crippen molar-refractivity contribution in [2.45, 2.75) is 25.9 Å². The van der Waals surface area contributed by atoms with Crippen LogP contribution < -0.4 is 13.8 Å². The van der Waals surface area contributed by atoms with Gasteiger partial charge in [0.1, 0.15) is 18.0 Å². The van der Waals surface area contributed by atoms with E-state index in [4.69, 9.17) is 10.00 Å². The first-order valence-electron chi connectivity index (χ1n) is 8.39. The number of unbranched alkanes of at least 4 members (excludes halogenated alkanes) is 1. The van der Waals surface area contributed by atoms with Gasteiger partial charge in [-0.2, -0.15) is 13.7 Å². The van der Waals surface area contributed by atoms with E-state index in [9.17, 15) is 13.5 Å². The van der Waals surface area contributed by atoms with E-state index in [0.29, 0.717) is 30.7 Å². The highest BCUT2D eigenvalue weighted by Crippen LogP contribution is 2.34. The quantitative estimate of drug-likeness (QED) is 0.713. The predicted molar refractivity (Wildman–Crippen MR) is 101 cm³/mol. The normalized spacial score (nSPS) is 14.9. The molecule has 7 nitrogen and oxygen atoms in total.